The van der Waals surface area contributed by atoms with Crippen molar-refractivity contribution < 1.29 is 41.0 Å². The summed E-state index contributed by atoms with van der Waals surface area (Å²) in [4.78, 5) is 41.9. The summed E-state index contributed by atoms with van der Waals surface area (Å²) < 4.78 is 87.8. The minimum absolute atomic E-state index is 0.0376. The predicted molar refractivity (Wildman–Crippen MR) is 180 cm³/mol. The summed E-state index contributed by atoms with van der Waals surface area (Å²) >= 11 is 0. The average molecular weight is 736 g/mol. The fourth-order valence-corrected chi connectivity index (χ4v) is 7.34. The molecule has 0 amide bonds. The maximum Gasteiger partial charge on any atom is 0.433 e. The van der Waals surface area contributed by atoms with Crippen LogP contribution in [0.25, 0.3) is 33.9 Å². The van der Waals surface area contributed by atoms with Crippen molar-refractivity contribution in [2.45, 2.75) is 57.4 Å². The fraction of sp³-hybridized carbons (Fsp3) is 0.529. The summed E-state index contributed by atoms with van der Waals surface area (Å²) in [5.41, 5.74) is -2.94. The van der Waals surface area contributed by atoms with Gasteiger partial charge >= 0.3 is 18.3 Å². The standard InChI is InChI=1S/C34H39F6N9O3/c1-20-17-49(11-10-48(20)9-6-27(50)51)26-16-41-24(15-42-26)30-45-28-25(47(2)18-32(19-52-3)7-4-5-8-32)13-23(44-31(28)46-30)21-12-22(33(35,36)37)29(43-14-21)34(38,39)40/h12-16,20H,4-11,17-19H2,1-3H3,(H,50,51)(H,44,45,46)/t20-/m0/s1. The van der Waals surface area contributed by atoms with Gasteiger partial charge in [0, 0.05) is 70.1 Å². The number of H-pyrrole nitrogens is 1. The number of carbonyl (C=O) groups is 1. The Morgan fingerprint density at radius 1 is 1.02 bits per heavy atom. The smallest absolute Gasteiger partial charge is 0.433 e. The van der Waals surface area contributed by atoms with E-state index in [2.05, 4.69) is 39.7 Å². The Morgan fingerprint density at radius 3 is 2.38 bits per heavy atom. The Balaban J connectivity index is 1.36. The van der Waals surface area contributed by atoms with E-state index in [0.29, 0.717) is 68.1 Å². The lowest BCUT2D eigenvalue weighted by atomic mass is 9.86. The van der Waals surface area contributed by atoms with Crippen LogP contribution in [0.2, 0.25) is 0 Å². The Bertz CT molecular complexity index is 1890. The van der Waals surface area contributed by atoms with Gasteiger partial charge in [0.2, 0.25) is 0 Å². The van der Waals surface area contributed by atoms with E-state index in [1.54, 1.807) is 19.5 Å². The lowest BCUT2D eigenvalue weighted by molar-refractivity contribution is -0.164. The third kappa shape index (κ3) is 7.91. The molecule has 280 valence electrons. The molecular weight excluding hydrogens is 696 g/mol. The summed E-state index contributed by atoms with van der Waals surface area (Å²) in [5, 5.41) is 9.04. The van der Waals surface area contributed by atoms with Crippen molar-refractivity contribution in [3.05, 3.63) is 42.0 Å². The van der Waals surface area contributed by atoms with Crippen LogP contribution in [0, 0.1) is 5.41 Å². The first-order valence-corrected chi connectivity index (χ1v) is 16.9. The second kappa shape index (κ2) is 14.4. The Kier molecular flexibility index (Phi) is 10.3. The number of fused-ring (bicyclic) bond motifs is 1. The van der Waals surface area contributed by atoms with Crippen LogP contribution < -0.4 is 9.80 Å². The van der Waals surface area contributed by atoms with E-state index in [1.807, 2.05) is 18.9 Å². The maximum absolute atomic E-state index is 13.9. The highest BCUT2D eigenvalue weighted by atomic mass is 19.4. The molecule has 52 heavy (non-hydrogen) atoms. The van der Waals surface area contributed by atoms with Crippen LogP contribution in [0.15, 0.2) is 30.7 Å². The SMILES string of the molecule is COCC1(CN(C)c2cc(-c3cnc(C(F)(F)F)c(C(F)(F)F)c3)nc3nc(-c4cnc(N5CCN(CCC(=O)O)[C@@H](C)C5)cn4)[nH]c23)CCCC1. The van der Waals surface area contributed by atoms with Gasteiger partial charge < -0.3 is 24.6 Å². The second-order valence-corrected chi connectivity index (χ2v) is 13.7. The van der Waals surface area contributed by atoms with Crippen LogP contribution in [0.4, 0.5) is 37.8 Å². The third-order valence-electron chi connectivity index (χ3n) is 9.88. The van der Waals surface area contributed by atoms with Crippen molar-refractivity contribution >= 4 is 28.6 Å². The summed E-state index contributed by atoms with van der Waals surface area (Å²) in [6, 6.07) is 2.04. The van der Waals surface area contributed by atoms with Crippen molar-refractivity contribution in [1.82, 2.24) is 34.8 Å². The lowest BCUT2D eigenvalue weighted by Gasteiger charge is -2.40. The minimum atomic E-state index is -5.32. The number of carboxylic acids is 1. The number of hydrogen-bond acceptors (Lipinski definition) is 10. The van der Waals surface area contributed by atoms with E-state index in [9.17, 15) is 31.1 Å². The van der Waals surface area contributed by atoms with Gasteiger partial charge in [-0.25, -0.2) is 19.9 Å². The lowest BCUT2D eigenvalue weighted by Crippen LogP contribution is -2.52. The summed E-state index contributed by atoms with van der Waals surface area (Å²) in [6.07, 6.45) is -2.81. The predicted octanol–water partition coefficient (Wildman–Crippen LogP) is 6.14. The Hall–Kier alpha value is -4.58. The molecule has 1 atom stereocenters. The molecule has 5 heterocycles. The van der Waals surface area contributed by atoms with Gasteiger partial charge in [0.15, 0.2) is 17.2 Å². The van der Waals surface area contributed by atoms with E-state index in [1.165, 1.54) is 6.07 Å². The number of piperazine rings is 1. The first-order valence-electron chi connectivity index (χ1n) is 16.9. The molecule has 6 rings (SSSR count). The highest BCUT2D eigenvalue weighted by Gasteiger charge is 2.45. The number of halogens is 6. The zero-order valence-corrected chi connectivity index (χ0v) is 28.9. The van der Waals surface area contributed by atoms with Crippen molar-refractivity contribution in [3.8, 4) is 22.8 Å². The summed E-state index contributed by atoms with van der Waals surface area (Å²) in [7, 11) is 3.47. The molecular formula is C34H39F6N9O3. The molecule has 0 spiro atoms. The van der Waals surface area contributed by atoms with Crippen molar-refractivity contribution in [1.29, 1.82) is 0 Å². The average Bonchev–Trinajstić information content (AvgIpc) is 3.73. The molecule has 2 aliphatic rings. The Morgan fingerprint density at radius 2 is 1.77 bits per heavy atom. The number of hydrogen-bond donors (Lipinski definition) is 2. The molecule has 0 unspecified atom stereocenters. The van der Waals surface area contributed by atoms with E-state index in [4.69, 9.17) is 9.84 Å². The number of pyridine rings is 2. The van der Waals surface area contributed by atoms with Gasteiger partial charge in [0.05, 0.1) is 42.4 Å². The number of nitrogens with one attached hydrogen (secondary N) is 1. The second-order valence-electron chi connectivity index (χ2n) is 13.7. The summed E-state index contributed by atoms with van der Waals surface area (Å²) in [5.74, 6) is 0.0674. The molecule has 2 fully saturated rings. The number of ether oxygens (including phenoxy) is 1. The number of alkyl halides is 6. The number of rotatable bonds is 11. The van der Waals surface area contributed by atoms with E-state index < -0.39 is 29.6 Å². The number of aliphatic carboxylic acids is 1. The van der Waals surface area contributed by atoms with E-state index >= 15 is 0 Å². The number of imidazole rings is 1. The molecule has 1 saturated heterocycles. The van der Waals surface area contributed by atoms with Crippen molar-refractivity contribution in [2.24, 2.45) is 5.41 Å². The normalized spacial score (nSPS) is 18.3. The number of anilines is 2. The highest BCUT2D eigenvalue weighted by Crippen LogP contribution is 2.43. The molecule has 0 bridgehead atoms. The van der Waals surface area contributed by atoms with E-state index in [0.717, 1.165) is 31.9 Å². The highest BCUT2D eigenvalue weighted by molar-refractivity contribution is 5.91. The topological polar surface area (TPSA) is 136 Å². The van der Waals surface area contributed by atoms with Gasteiger partial charge in [0.1, 0.15) is 17.0 Å². The van der Waals surface area contributed by atoms with Gasteiger partial charge in [-0.05, 0) is 31.9 Å². The molecule has 0 aromatic carbocycles. The molecule has 0 radical (unpaired) electrons. The number of aromatic nitrogens is 6. The zero-order valence-electron chi connectivity index (χ0n) is 28.9. The molecule has 4 aromatic rings. The number of methoxy groups -OCH3 is 1. The van der Waals surface area contributed by atoms with Gasteiger partial charge in [-0.3, -0.25) is 14.7 Å². The molecule has 1 aliphatic carbocycles. The number of nitrogens with zero attached hydrogens (tertiary/aromatic N) is 8. The minimum Gasteiger partial charge on any atom is -0.481 e. The van der Waals surface area contributed by atoms with Crippen molar-refractivity contribution in [3.63, 3.8) is 0 Å². The van der Waals surface area contributed by atoms with E-state index in [-0.39, 0.29) is 40.6 Å². The Labute approximate surface area is 295 Å². The van der Waals surface area contributed by atoms with Crippen LogP contribution >= 0.6 is 0 Å². The van der Waals surface area contributed by atoms with Crippen LogP contribution in [0.1, 0.15) is 50.3 Å². The van der Waals surface area contributed by atoms with Crippen LogP contribution in [0.3, 0.4) is 0 Å². The fourth-order valence-electron chi connectivity index (χ4n) is 7.34. The molecule has 4 aromatic heterocycles. The summed E-state index contributed by atoms with van der Waals surface area (Å²) in [6.45, 7) is 5.43. The monoisotopic (exact) mass is 735 g/mol. The molecule has 18 heteroatoms. The number of carboxylic acid groups (broad SMARTS) is 1. The molecule has 1 saturated carbocycles. The molecule has 12 nitrogen and oxygen atoms in total. The largest absolute Gasteiger partial charge is 0.481 e. The van der Waals surface area contributed by atoms with Gasteiger partial charge in [-0.1, -0.05) is 12.8 Å². The molecule has 1 aliphatic heterocycles. The first-order chi connectivity index (χ1) is 24.6. The maximum atomic E-state index is 13.9. The van der Waals surface area contributed by atoms with Crippen LogP contribution in [-0.4, -0.2) is 105 Å². The van der Waals surface area contributed by atoms with Crippen LogP contribution in [0.5, 0.6) is 0 Å². The molecule has 2 N–H and O–H groups in total. The van der Waals surface area contributed by atoms with Crippen LogP contribution in [-0.2, 0) is 21.9 Å². The van der Waals surface area contributed by atoms with Gasteiger partial charge in [-0.2, -0.15) is 26.3 Å². The third-order valence-corrected chi connectivity index (χ3v) is 9.88. The quantitative estimate of drug-likeness (QED) is 0.172. The first kappa shape index (κ1) is 37.2. The van der Waals surface area contributed by atoms with Crippen molar-refractivity contribution in [2.75, 3.05) is 63.3 Å². The van der Waals surface area contributed by atoms with Gasteiger partial charge in [0.25, 0.3) is 0 Å². The zero-order chi connectivity index (χ0) is 37.4. The number of aromatic amines is 1. The van der Waals surface area contributed by atoms with Gasteiger partial charge in [-0.15, -0.1) is 0 Å².